The summed E-state index contributed by atoms with van der Waals surface area (Å²) in [7, 11) is 7.83. The van der Waals surface area contributed by atoms with Crippen molar-refractivity contribution in [2.45, 2.75) is 19.3 Å². The second-order valence-corrected chi connectivity index (χ2v) is 4.80. The van der Waals surface area contributed by atoms with Crippen molar-refractivity contribution in [3.05, 3.63) is 35.7 Å². The van der Waals surface area contributed by atoms with Crippen molar-refractivity contribution in [2.24, 2.45) is 0 Å². The van der Waals surface area contributed by atoms with E-state index in [9.17, 15) is 4.79 Å². The minimum atomic E-state index is 0.202. The van der Waals surface area contributed by atoms with E-state index >= 15 is 0 Å². The Kier molecular flexibility index (Phi) is 5.01. The molecule has 1 saturated carbocycles. The molecule has 0 aromatic carbocycles. The van der Waals surface area contributed by atoms with Crippen LogP contribution in [0.1, 0.15) is 19.3 Å². The number of rotatable bonds is 3. The van der Waals surface area contributed by atoms with E-state index in [1.807, 2.05) is 62.5 Å². The number of Topliss-reactive ketones (excluding diaryl/α,β-unsaturated/α-hetero) is 1. The maximum atomic E-state index is 12.1. The fraction of sp³-hybridized carbons (Fsp3) is 0.500. The van der Waals surface area contributed by atoms with Crippen molar-refractivity contribution in [3.8, 4) is 0 Å². The van der Waals surface area contributed by atoms with Gasteiger partial charge in [0.25, 0.3) is 0 Å². The highest BCUT2D eigenvalue weighted by molar-refractivity contribution is 6.09. The molecule has 0 aromatic heterocycles. The number of ketones is 1. The number of carbonyl (C=O) groups is 1. The molecule has 0 unspecified atom stereocenters. The number of hydrogen-bond donors (Lipinski definition) is 0. The molecule has 0 N–H and O–H groups in total. The van der Waals surface area contributed by atoms with Gasteiger partial charge in [0.15, 0.2) is 5.78 Å². The van der Waals surface area contributed by atoms with Gasteiger partial charge < -0.3 is 9.80 Å². The molecular weight excluding hydrogens is 212 g/mol. The van der Waals surface area contributed by atoms with E-state index in [1.54, 1.807) is 0 Å². The zero-order valence-electron chi connectivity index (χ0n) is 11.2. The standard InChI is InChI=1S/C14H22N2O/c1-15(2)10-6-9-12-7-5-8-13(14(12)17)11-16(3)4/h6,9-11H,5,7-8H2,1-4H3/b10-6+,12-9+,13-11+. The summed E-state index contributed by atoms with van der Waals surface area (Å²) in [4.78, 5) is 16.0. The third-order valence-electron chi connectivity index (χ3n) is 2.57. The van der Waals surface area contributed by atoms with Crippen LogP contribution in [0, 0.1) is 0 Å². The minimum Gasteiger partial charge on any atom is -0.383 e. The molecule has 0 atom stereocenters. The van der Waals surface area contributed by atoms with Crippen molar-refractivity contribution in [1.29, 1.82) is 0 Å². The van der Waals surface area contributed by atoms with E-state index < -0.39 is 0 Å². The molecule has 1 fully saturated rings. The molecule has 17 heavy (non-hydrogen) atoms. The molecule has 1 aliphatic carbocycles. The molecule has 0 heterocycles. The van der Waals surface area contributed by atoms with E-state index in [0.29, 0.717) is 0 Å². The number of allylic oxidation sites excluding steroid dienone is 4. The van der Waals surface area contributed by atoms with Gasteiger partial charge in [-0.25, -0.2) is 0 Å². The van der Waals surface area contributed by atoms with Crippen LogP contribution in [-0.4, -0.2) is 43.8 Å². The van der Waals surface area contributed by atoms with Crippen LogP contribution in [0.15, 0.2) is 35.7 Å². The highest BCUT2D eigenvalue weighted by Gasteiger charge is 2.19. The lowest BCUT2D eigenvalue weighted by atomic mass is 9.89. The minimum absolute atomic E-state index is 0.202. The fourth-order valence-corrected chi connectivity index (χ4v) is 1.83. The normalized spacial score (nSPS) is 21.5. The monoisotopic (exact) mass is 234 g/mol. The summed E-state index contributed by atoms with van der Waals surface area (Å²) in [5, 5.41) is 0. The first kappa shape index (κ1) is 13.6. The van der Waals surface area contributed by atoms with E-state index in [-0.39, 0.29) is 5.78 Å². The van der Waals surface area contributed by atoms with Crippen molar-refractivity contribution < 1.29 is 4.79 Å². The van der Waals surface area contributed by atoms with Crippen molar-refractivity contribution in [2.75, 3.05) is 28.2 Å². The average molecular weight is 234 g/mol. The summed E-state index contributed by atoms with van der Waals surface area (Å²) < 4.78 is 0. The summed E-state index contributed by atoms with van der Waals surface area (Å²) >= 11 is 0. The summed E-state index contributed by atoms with van der Waals surface area (Å²) in [6.45, 7) is 0. The molecule has 0 bridgehead atoms. The van der Waals surface area contributed by atoms with E-state index in [4.69, 9.17) is 0 Å². The molecule has 1 rings (SSSR count). The lowest BCUT2D eigenvalue weighted by Crippen LogP contribution is -2.15. The smallest absolute Gasteiger partial charge is 0.186 e. The first-order chi connectivity index (χ1) is 8.00. The maximum Gasteiger partial charge on any atom is 0.186 e. The van der Waals surface area contributed by atoms with Gasteiger partial charge in [0.2, 0.25) is 0 Å². The summed E-state index contributed by atoms with van der Waals surface area (Å²) in [6.07, 6.45) is 10.6. The van der Waals surface area contributed by atoms with E-state index in [0.717, 1.165) is 30.4 Å². The van der Waals surface area contributed by atoms with Gasteiger partial charge in [0.1, 0.15) is 0 Å². The Morgan fingerprint density at radius 1 is 1.00 bits per heavy atom. The Labute approximate surface area is 104 Å². The lowest BCUT2D eigenvalue weighted by molar-refractivity contribution is -0.113. The Hall–Kier alpha value is -1.51. The average Bonchev–Trinajstić information content (AvgIpc) is 2.22. The molecule has 0 saturated heterocycles. The number of hydrogen-bond acceptors (Lipinski definition) is 3. The van der Waals surface area contributed by atoms with Gasteiger partial charge in [-0.05, 0) is 37.1 Å². The van der Waals surface area contributed by atoms with Gasteiger partial charge in [-0.15, -0.1) is 0 Å². The van der Waals surface area contributed by atoms with Gasteiger partial charge in [-0.2, -0.15) is 0 Å². The third kappa shape index (κ3) is 4.47. The Balaban J connectivity index is 2.78. The predicted octanol–water partition coefficient (Wildman–Crippen LogP) is 2.19. The van der Waals surface area contributed by atoms with Gasteiger partial charge in [0, 0.05) is 40.0 Å². The van der Waals surface area contributed by atoms with Crippen LogP contribution < -0.4 is 0 Å². The maximum absolute atomic E-state index is 12.1. The van der Waals surface area contributed by atoms with Crippen LogP contribution in [0.5, 0.6) is 0 Å². The first-order valence-corrected chi connectivity index (χ1v) is 5.96. The molecule has 0 spiro atoms. The largest absolute Gasteiger partial charge is 0.383 e. The van der Waals surface area contributed by atoms with Crippen LogP contribution in [0.25, 0.3) is 0 Å². The van der Waals surface area contributed by atoms with Crippen molar-refractivity contribution in [1.82, 2.24) is 9.80 Å². The molecule has 94 valence electrons. The van der Waals surface area contributed by atoms with E-state index in [1.165, 1.54) is 0 Å². The fourth-order valence-electron chi connectivity index (χ4n) is 1.83. The van der Waals surface area contributed by atoms with Crippen LogP contribution >= 0.6 is 0 Å². The quantitative estimate of drug-likeness (QED) is 0.699. The Bertz CT molecular complexity index is 362. The Morgan fingerprint density at radius 3 is 2.24 bits per heavy atom. The van der Waals surface area contributed by atoms with Crippen molar-refractivity contribution >= 4 is 5.78 Å². The van der Waals surface area contributed by atoms with Gasteiger partial charge >= 0.3 is 0 Å². The van der Waals surface area contributed by atoms with Crippen molar-refractivity contribution in [3.63, 3.8) is 0 Å². The van der Waals surface area contributed by atoms with Crippen LogP contribution in [0.2, 0.25) is 0 Å². The van der Waals surface area contributed by atoms with Crippen LogP contribution in [0.4, 0.5) is 0 Å². The molecule has 3 heteroatoms. The summed E-state index contributed by atoms with van der Waals surface area (Å²) in [5.74, 6) is 0.202. The zero-order valence-corrected chi connectivity index (χ0v) is 11.2. The molecule has 1 aliphatic rings. The molecular formula is C14H22N2O. The summed E-state index contributed by atoms with van der Waals surface area (Å²) in [6, 6.07) is 0. The zero-order chi connectivity index (χ0) is 12.8. The van der Waals surface area contributed by atoms with Gasteiger partial charge in [-0.3, -0.25) is 4.79 Å². The molecule has 0 amide bonds. The second kappa shape index (κ2) is 6.28. The van der Waals surface area contributed by atoms with Crippen LogP contribution in [-0.2, 0) is 4.79 Å². The van der Waals surface area contributed by atoms with Gasteiger partial charge in [0.05, 0.1) is 0 Å². The highest BCUT2D eigenvalue weighted by Crippen LogP contribution is 2.24. The topological polar surface area (TPSA) is 23.6 Å². The van der Waals surface area contributed by atoms with Crippen LogP contribution in [0.3, 0.4) is 0 Å². The van der Waals surface area contributed by atoms with Gasteiger partial charge in [-0.1, -0.05) is 6.08 Å². The molecule has 0 radical (unpaired) electrons. The molecule has 0 aromatic rings. The summed E-state index contributed by atoms with van der Waals surface area (Å²) in [5.41, 5.74) is 1.84. The number of carbonyl (C=O) groups excluding carboxylic acids is 1. The van der Waals surface area contributed by atoms with E-state index in [2.05, 4.69) is 0 Å². The first-order valence-electron chi connectivity index (χ1n) is 5.96. The molecule has 3 nitrogen and oxygen atoms in total. The second-order valence-electron chi connectivity index (χ2n) is 4.80. The highest BCUT2D eigenvalue weighted by atomic mass is 16.1. The lowest BCUT2D eigenvalue weighted by Gasteiger charge is -2.18. The number of nitrogens with zero attached hydrogens (tertiary/aromatic N) is 2. The SMILES string of the molecule is CN(C)/C=C/C=C1\CCC/C(=C\N(C)C)C1=O. The Morgan fingerprint density at radius 2 is 1.65 bits per heavy atom. The predicted molar refractivity (Wildman–Crippen MR) is 71.5 cm³/mol. The molecule has 0 aliphatic heterocycles. The third-order valence-corrected chi connectivity index (χ3v) is 2.57.